The minimum atomic E-state index is 0.338. The summed E-state index contributed by atoms with van der Waals surface area (Å²) in [7, 11) is 0. The smallest absolute Gasteiger partial charge is 0.189 e. The molecule has 0 N–H and O–H groups in total. The summed E-state index contributed by atoms with van der Waals surface area (Å²) >= 11 is 0. The van der Waals surface area contributed by atoms with E-state index >= 15 is 0 Å². The zero-order chi connectivity index (χ0) is 10.6. The minimum absolute atomic E-state index is 0.338. The van der Waals surface area contributed by atoms with Crippen LogP contribution < -0.4 is 0 Å². The fourth-order valence-electron chi connectivity index (χ4n) is 2.97. The fourth-order valence-corrected chi connectivity index (χ4v) is 2.97. The minimum Gasteiger partial charge on any atom is -0.479 e. The van der Waals surface area contributed by atoms with Gasteiger partial charge in [0, 0.05) is 5.41 Å². The maximum atomic E-state index is 5.74. The summed E-state index contributed by atoms with van der Waals surface area (Å²) in [5.74, 6) is 1.11. The van der Waals surface area contributed by atoms with Gasteiger partial charge in [0.05, 0.1) is 6.54 Å². The van der Waals surface area contributed by atoms with E-state index in [1.165, 1.54) is 51.4 Å². The van der Waals surface area contributed by atoms with Gasteiger partial charge in [-0.3, -0.25) is 4.99 Å². The van der Waals surface area contributed by atoms with Crippen molar-refractivity contribution in [2.75, 3.05) is 13.2 Å². The summed E-state index contributed by atoms with van der Waals surface area (Å²) in [6.07, 6.45) is 10.7. The number of rotatable bonds is 4. The lowest BCUT2D eigenvalue weighted by molar-refractivity contribution is 0.200. The first-order valence-electron chi connectivity index (χ1n) is 6.55. The average Bonchev–Trinajstić information content (AvgIpc) is 2.82. The third-order valence-corrected chi connectivity index (χ3v) is 3.86. The Bertz CT molecular complexity index is 229. The summed E-state index contributed by atoms with van der Waals surface area (Å²) in [5, 5.41) is 0. The van der Waals surface area contributed by atoms with Crippen LogP contribution in [0.15, 0.2) is 4.99 Å². The molecule has 2 heteroatoms. The van der Waals surface area contributed by atoms with Crippen molar-refractivity contribution >= 4 is 5.90 Å². The molecule has 2 rings (SSSR count). The average molecular weight is 209 g/mol. The molecule has 0 spiro atoms. The molecule has 0 unspecified atom stereocenters. The zero-order valence-corrected chi connectivity index (χ0v) is 9.93. The summed E-state index contributed by atoms with van der Waals surface area (Å²) in [6.45, 7) is 3.99. The van der Waals surface area contributed by atoms with Crippen molar-refractivity contribution in [1.29, 1.82) is 0 Å². The zero-order valence-electron chi connectivity index (χ0n) is 9.93. The van der Waals surface area contributed by atoms with Gasteiger partial charge >= 0.3 is 0 Å². The third-order valence-electron chi connectivity index (χ3n) is 3.86. The van der Waals surface area contributed by atoms with Crippen LogP contribution in [-0.2, 0) is 4.74 Å². The van der Waals surface area contributed by atoms with Crippen LogP contribution in [0.3, 0.4) is 0 Å². The largest absolute Gasteiger partial charge is 0.479 e. The lowest BCUT2D eigenvalue weighted by atomic mass is 9.70. The Morgan fingerprint density at radius 2 is 2.07 bits per heavy atom. The second-order valence-corrected chi connectivity index (χ2v) is 4.98. The second-order valence-electron chi connectivity index (χ2n) is 4.98. The van der Waals surface area contributed by atoms with Crippen LogP contribution in [0.2, 0.25) is 0 Å². The van der Waals surface area contributed by atoms with Gasteiger partial charge in [-0.25, -0.2) is 0 Å². The van der Waals surface area contributed by atoms with Gasteiger partial charge in [0.25, 0.3) is 0 Å². The van der Waals surface area contributed by atoms with E-state index in [-0.39, 0.29) is 0 Å². The van der Waals surface area contributed by atoms with Gasteiger partial charge in [-0.1, -0.05) is 39.0 Å². The normalized spacial score (nSPS) is 24.7. The van der Waals surface area contributed by atoms with E-state index in [1.807, 2.05) is 0 Å². The molecule has 0 amide bonds. The Balaban J connectivity index is 2.06. The van der Waals surface area contributed by atoms with Crippen molar-refractivity contribution < 1.29 is 4.74 Å². The highest BCUT2D eigenvalue weighted by molar-refractivity contribution is 5.83. The Morgan fingerprint density at radius 1 is 1.27 bits per heavy atom. The van der Waals surface area contributed by atoms with E-state index in [0.717, 1.165) is 19.0 Å². The number of unbranched alkanes of at least 4 members (excludes halogenated alkanes) is 1. The van der Waals surface area contributed by atoms with E-state index in [1.54, 1.807) is 0 Å². The van der Waals surface area contributed by atoms with Gasteiger partial charge in [0.1, 0.15) is 6.61 Å². The molecule has 15 heavy (non-hydrogen) atoms. The molecular formula is C13H23NO. The molecule has 1 heterocycles. The van der Waals surface area contributed by atoms with Gasteiger partial charge < -0.3 is 4.74 Å². The highest BCUT2D eigenvalue weighted by Crippen LogP contribution is 2.42. The molecule has 1 aliphatic heterocycles. The fraction of sp³-hybridized carbons (Fsp3) is 0.923. The van der Waals surface area contributed by atoms with E-state index < -0.39 is 0 Å². The Kier molecular flexibility index (Phi) is 3.66. The lowest BCUT2D eigenvalue weighted by Crippen LogP contribution is -2.33. The topological polar surface area (TPSA) is 21.6 Å². The van der Waals surface area contributed by atoms with Crippen LogP contribution in [0, 0.1) is 5.41 Å². The molecule has 0 saturated heterocycles. The van der Waals surface area contributed by atoms with Crippen LogP contribution in [0.4, 0.5) is 0 Å². The first-order valence-corrected chi connectivity index (χ1v) is 6.55. The molecule has 0 radical (unpaired) electrons. The standard InChI is InChI=1S/C13H23NO/c1-2-3-7-13(8-5-4-6-9-13)12-14-10-11-15-12/h2-11H2,1H3. The SMILES string of the molecule is CCCCC1(C2=NCCO2)CCCCC1. The molecule has 0 bridgehead atoms. The molecule has 0 aromatic rings. The van der Waals surface area contributed by atoms with Crippen LogP contribution >= 0.6 is 0 Å². The van der Waals surface area contributed by atoms with E-state index in [0.29, 0.717) is 5.41 Å². The molecule has 2 nitrogen and oxygen atoms in total. The van der Waals surface area contributed by atoms with Gasteiger partial charge in [0.2, 0.25) is 0 Å². The summed E-state index contributed by atoms with van der Waals surface area (Å²) in [5.41, 5.74) is 0.338. The first kappa shape index (κ1) is 11.0. The highest BCUT2D eigenvalue weighted by Gasteiger charge is 2.39. The maximum Gasteiger partial charge on any atom is 0.189 e. The Morgan fingerprint density at radius 3 is 2.67 bits per heavy atom. The molecule has 86 valence electrons. The van der Waals surface area contributed by atoms with Crippen molar-refractivity contribution in [3.05, 3.63) is 0 Å². The van der Waals surface area contributed by atoms with Crippen molar-refractivity contribution in [1.82, 2.24) is 0 Å². The second kappa shape index (κ2) is 5.00. The summed E-state index contributed by atoms with van der Waals surface area (Å²) in [4.78, 5) is 4.58. The number of hydrogen-bond donors (Lipinski definition) is 0. The number of aliphatic imine (C=N–C) groups is 1. The number of nitrogens with zero attached hydrogens (tertiary/aromatic N) is 1. The Hall–Kier alpha value is -0.530. The van der Waals surface area contributed by atoms with Gasteiger partial charge in [-0.05, 0) is 19.3 Å². The summed E-state index contributed by atoms with van der Waals surface area (Å²) in [6, 6.07) is 0. The molecule has 0 aromatic heterocycles. The van der Waals surface area contributed by atoms with E-state index in [9.17, 15) is 0 Å². The lowest BCUT2D eigenvalue weighted by Gasteiger charge is -2.36. The monoisotopic (exact) mass is 209 g/mol. The highest BCUT2D eigenvalue weighted by atomic mass is 16.5. The van der Waals surface area contributed by atoms with Crippen LogP contribution in [0.5, 0.6) is 0 Å². The van der Waals surface area contributed by atoms with Crippen LogP contribution in [0.1, 0.15) is 58.3 Å². The van der Waals surface area contributed by atoms with Crippen molar-refractivity contribution in [3.8, 4) is 0 Å². The van der Waals surface area contributed by atoms with Crippen molar-refractivity contribution in [3.63, 3.8) is 0 Å². The molecule has 1 fully saturated rings. The molecule has 1 saturated carbocycles. The molecule has 2 aliphatic rings. The van der Waals surface area contributed by atoms with E-state index in [4.69, 9.17) is 4.74 Å². The van der Waals surface area contributed by atoms with Crippen molar-refractivity contribution in [2.24, 2.45) is 10.4 Å². The molecular weight excluding hydrogens is 186 g/mol. The summed E-state index contributed by atoms with van der Waals surface area (Å²) < 4.78 is 5.74. The van der Waals surface area contributed by atoms with Gasteiger partial charge in [-0.15, -0.1) is 0 Å². The van der Waals surface area contributed by atoms with Gasteiger partial charge in [0.15, 0.2) is 5.90 Å². The Labute approximate surface area is 93.1 Å². The maximum absolute atomic E-state index is 5.74. The predicted molar refractivity (Wildman–Crippen MR) is 63.3 cm³/mol. The van der Waals surface area contributed by atoms with Crippen molar-refractivity contribution in [2.45, 2.75) is 58.3 Å². The number of hydrogen-bond acceptors (Lipinski definition) is 2. The third kappa shape index (κ3) is 2.35. The van der Waals surface area contributed by atoms with Crippen LogP contribution in [0.25, 0.3) is 0 Å². The molecule has 0 aromatic carbocycles. The first-order chi connectivity index (χ1) is 7.37. The van der Waals surface area contributed by atoms with Gasteiger partial charge in [-0.2, -0.15) is 0 Å². The van der Waals surface area contributed by atoms with E-state index in [2.05, 4.69) is 11.9 Å². The number of ether oxygens (including phenoxy) is 1. The van der Waals surface area contributed by atoms with Crippen LogP contribution in [-0.4, -0.2) is 19.0 Å². The molecule has 1 aliphatic carbocycles. The predicted octanol–water partition coefficient (Wildman–Crippen LogP) is 3.56. The molecule has 0 atom stereocenters. The quantitative estimate of drug-likeness (QED) is 0.693.